The molecule has 1 aliphatic carbocycles. The zero-order valence-electron chi connectivity index (χ0n) is 12.9. The lowest BCUT2D eigenvalue weighted by molar-refractivity contribution is -0.00867. The second-order valence-electron chi connectivity index (χ2n) is 6.17. The zero-order chi connectivity index (χ0) is 14.8. The minimum atomic E-state index is 0.277. The largest absolute Gasteiger partial charge is 0.374 e. The molecule has 1 saturated heterocycles. The fourth-order valence-corrected chi connectivity index (χ4v) is 3.96. The van der Waals surface area contributed by atoms with E-state index in [1.54, 1.807) is 0 Å². The summed E-state index contributed by atoms with van der Waals surface area (Å²) in [5.41, 5.74) is 2.41. The molecule has 1 aliphatic heterocycles. The molecule has 3 rings (SSSR count). The van der Waals surface area contributed by atoms with Gasteiger partial charge in [-0.3, -0.25) is 0 Å². The maximum absolute atomic E-state index is 6.50. The molecule has 1 N–H and O–H groups in total. The van der Waals surface area contributed by atoms with Crippen molar-refractivity contribution >= 4 is 17.3 Å². The highest BCUT2D eigenvalue weighted by Gasteiger charge is 2.34. The first-order valence-corrected chi connectivity index (χ1v) is 8.43. The Kier molecular flexibility index (Phi) is 4.72. The van der Waals surface area contributed by atoms with Gasteiger partial charge in [-0.25, -0.2) is 0 Å². The number of anilines is 1. The van der Waals surface area contributed by atoms with Crippen LogP contribution in [0.4, 0.5) is 5.69 Å². The third-order valence-electron chi connectivity index (χ3n) is 4.95. The minimum Gasteiger partial charge on any atom is -0.374 e. The van der Waals surface area contributed by atoms with E-state index in [2.05, 4.69) is 35.3 Å². The maximum atomic E-state index is 6.50. The SMILES string of the molecule is CNC(C)c1ccc(N2CCOC3CCCCC32)cc1Cl. The van der Waals surface area contributed by atoms with Crippen molar-refractivity contribution in [3.8, 4) is 0 Å². The van der Waals surface area contributed by atoms with Crippen molar-refractivity contribution in [2.24, 2.45) is 0 Å². The zero-order valence-corrected chi connectivity index (χ0v) is 13.7. The van der Waals surface area contributed by atoms with Crippen LogP contribution in [0.3, 0.4) is 0 Å². The van der Waals surface area contributed by atoms with Crippen LogP contribution in [0.1, 0.15) is 44.2 Å². The molecule has 0 aromatic heterocycles. The lowest BCUT2D eigenvalue weighted by atomic mass is 9.89. The molecule has 4 heteroatoms. The number of nitrogens with zero attached hydrogens (tertiary/aromatic N) is 1. The number of hydrogen-bond donors (Lipinski definition) is 1. The molecule has 0 radical (unpaired) electrons. The summed E-state index contributed by atoms with van der Waals surface area (Å²) >= 11 is 6.50. The summed E-state index contributed by atoms with van der Waals surface area (Å²) in [5, 5.41) is 4.10. The topological polar surface area (TPSA) is 24.5 Å². The third-order valence-corrected chi connectivity index (χ3v) is 5.27. The Bertz CT molecular complexity index is 492. The summed E-state index contributed by atoms with van der Waals surface area (Å²) < 4.78 is 5.96. The molecular weight excluding hydrogens is 284 g/mol. The molecule has 2 fully saturated rings. The normalized spacial score (nSPS) is 27.3. The van der Waals surface area contributed by atoms with Crippen LogP contribution in [0, 0.1) is 0 Å². The van der Waals surface area contributed by atoms with Gasteiger partial charge in [-0.05, 0) is 44.5 Å². The van der Waals surface area contributed by atoms with E-state index in [0.717, 1.165) is 23.7 Å². The van der Waals surface area contributed by atoms with Crippen molar-refractivity contribution in [2.45, 2.75) is 50.8 Å². The molecule has 0 amide bonds. The number of fused-ring (bicyclic) bond motifs is 1. The van der Waals surface area contributed by atoms with E-state index in [0.29, 0.717) is 12.1 Å². The van der Waals surface area contributed by atoms with Gasteiger partial charge in [0.2, 0.25) is 0 Å². The van der Waals surface area contributed by atoms with Gasteiger partial charge in [0.1, 0.15) is 0 Å². The Morgan fingerprint density at radius 3 is 2.90 bits per heavy atom. The molecule has 2 aliphatic rings. The first kappa shape index (κ1) is 15.1. The van der Waals surface area contributed by atoms with Gasteiger partial charge in [-0.2, -0.15) is 0 Å². The molecule has 116 valence electrons. The Morgan fingerprint density at radius 2 is 2.14 bits per heavy atom. The summed E-state index contributed by atoms with van der Waals surface area (Å²) in [4.78, 5) is 2.51. The Balaban J connectivity index is 1.84. The lowest BCUT2D eigenvalue weighted by Gasteiger charge is -2.45. The van der Waals surface area contributed by atoms with Gasteiger partial charge in [0, 0.05) is 23.3 Å². The number of halogens is 1. The third kappa shape index (κ3) is 3.05. The van der Waals surface area contributed by atoms with Crippen molar-refractivity contribution in [3.63, 3.8) is 0 Å². The average Bonchev–Trinajstić information content (AvgIpc) is 2.53. The molecule has 1 aromatic rings. The Labute approximate surface area is 132 Å². The van der Waals surface area contributed by atoms with E-state index >= 15 is 0 Å². The highest BCUT2D eigenvalue weighted by Crippen LogP contribution is 2.34. The van der Waals surface area contributed by atoms with Crippen molar-refractivity contribution < 1.29 is 4.74 Å². The van der Waals surface area contributed by atoms with Crippen LogP contribution in [0.2, 0.25) is 5.02 Å². The molecule has 0 spiro atoms. The van der Waals surface area contributed by atoms with E-state index in [1.807, 2.05) is 7.05 Å². The fraction of sp³-hybridized carbons (Fsp3) is 0.647. The molecule has 1 saturated carbocycles. The van der Waals surface area contributed by atoms with E-state index in [4.69, 9.17) is 16.3 Å². The number of rotatable bonds is 3. The van der Waals surface area contributed by atoms with Gasteiger partial charge in [0.15, 0.2) is 0 Å². The summed E-state index contributed by atoms with van der Waals surface area (Å²) in [5.74, 6) is 0. The van der Waals surface area contributed by atoms with E-state index in [9.17, 15) is 0 Å². The van der Waals surface area contributed by atoms with Gasteiger partial charge in [0.25, 0.3) is 0 Å². The highest BCUT2D eigenvalue weighted by molar-refractivity contribution is 6.31. The fourth-order valence-electron chi connectivity index (χ4n) is 3.62. The second kappa shape index (κ2) is 6.55. The van der Waals surface area contributed by atoms with Crippen molar-refractivity contribution in [1.29, 1.82) is 0 Å². The maximum Gasteiger partial charge on any atom is 0.0779 e. The summed E-state index contributed by atoms with van der Waals surface area (Å²) in [6.45, 7) is 3.93. The van der Waals surface area contributed by atoms with Crippen LogP contribution in [0.5, 0.6) is 0 Å². The number of benzene rings is 1. The van der Waals surface area contributed by atoms with Gasteiger partial charge in [-0.15, -0.1) is 0 Å². The minimum absolute atomic E-state index is 0.277. The number of nitrogens with one attached hydrogen (secondary N) is 1. The smallest absolute Gasteiger partial charge is 0.0779 e. The highest BCUT2D eigenvalue weighted by atomic mass is 35.5. The van der Waals surface area contributed by atoms with Gasteiger partial charge < -0.3 is 15.0 Å². The van der Waals surface area contributed by atoms with E-state index in [1.165, 1.54) is 31.4 Å². The first-order valence-electron chi connectivity index (χ1n) is 8.05. The quantitative estimate of drug-likeness (QED) is 0.920. The van der Waals surface area contributed by atoms with Gasteiger partial charge in [0.05, 0.1) is 18.8 Å². The van der Waals surface area contributed by atoms with Gasteiger partial charge in [-0.1, -0.05) is 30.5 Å². The molecule has 3 nitrogen and oxygen atoms in total. The van der Waals surface area contributed by atoms with E-state index in [-0.39, 0.29) is 6.04 Å². The van der Waals surface area contributed by atoms with Crippen molar-refractivity contribution in [3.05, 3.63) is 28.8 Å². The molecular formula is C17H25ClN2O. The van der Waals surface area contributed by atoms with Crippen molar-refractivity contribution in [2.75, 3.05) is 25.1 Å². The molecule has 21 heavy (non-hydrogen) atoms. The average molecular weight is 309 g/mol. The molecule has 3 atom stereocenters. The Hall–Kier alpha value is -0.770. The monoisotopic (exact) mass is 308 g/mol. The van der Waals surface area contributed by atoms with Crippen LogP contribution in [-0.4, -0.2) is 32.3 Å². The van der Waals surface area contributed by atoms with Crippen LogP contribution >= 0.6 is 11.6 Å². The van der Waals surface area contributed by atoms with Crippen LogP contribution in [0.25, 0.3) is 0 Å². The van der Waals surface area contributed by atoms with Crippen LogP contribution in [-0.2, 0) is 4.74 Å². The summed E-state index contributed by atoms with van der Waals surface area (Å²) in [7, 11) is 1.96. The first-order chi connectivity index (χ1) is 10.2. The lowest BCUT2D eigenvalue weighted by Crippen LogP contribution is -2.52. The number of morpholine rings is 1. The number of hydrogen-bond acceptors (Lipinski definition) is 3. The molecule has 1 heterocycles. The summed E-state index contributed by atoms with van der Waals surface area (Å²) in [6.07, 6.45) is 5.45. The predicted molar refractivity (Wildman–Crippen MR) is 88.3 cm³/mol. The molecule has 0 bridgehead atoms. The predicted octanol–water partition coefficient (Wildman–Crippen LogP) is 3.77. The van der Waals surface area contributed by atoms with Crippen molar-refractivity contribution in [1.82, 2.24) is 5.32 Å². The van der Waals surface area contributed by atoms with E-state index < -0.39 is 0 Å². The molecule has 1 aromatic carbocycles. The van der Waals surface area contributed by atoms with Crippen LogP contribution < -0.4 is 10.2 Å². The summed E-state index contributed by atoms with van der Waals surface area (Å²) in [6, 6.07) is 7.30. The standard InChI is InChI=1S/C17H25ClN2O/c1-12(19-2)14-8-7-13(11-15(14)18)20-9-10-21-17-6-4-3-5-16(17)20/h7-8,11-12,16-17,19H,3-6,9-10H2,1-2H3. The number of ether oxygens (including phenoxy) is 1. The molecule has 3 unspecified atom stereocenters. The second-order valence-corrected chi connectivity index (χ2v) is 6.58. The van der Waals surface area contributed by atoms with Crippen LogP contribution in [0.15, 0.2) is 18.2 Å². The Morgan fingerprint density at radius 1 is 1.33 bits per heavy atom. The van der Waals surface area contributed by atoms with Gasteiger partial charge >= 0.3 is 0 Å².